The first-order chi connectivity index (χ1) is 10.2. The predicted octanol–water partition coefficient (Wildman–Crippen LogP) is 4.04. The monoisotopic (exact) mass is 316 g/mol. The molecule has 2 heterocycles. The Labute approximate surface area is 127 Å². The molecule has 2 aliphatic heterocycles. The van der Waals surface area contributed by atoms with E-state index < -0.39 is 22.4 Å². The van der Waals surface area contributed by atoms with Gasteiger partial charge in [0.15, 0.2) is 0 Å². The number of piperidine rings is 2. The fraction of sp³-hybridized carbons (Fsp3) is 0.600. The summed E-state index contributed by atoms with van der Waals surface area (Å²) in [5.74, 6) is 0.487. The number of nitrogens with zero attached hydrogens (tertiary/aromatic N) is 2. The average Bonchev–Trinajstić information content (AvgIpc) is 2.46. The van der Waals surface area contributed by atoms with E-state index >= 15 is 0 Å². The van der Waals surface area contributed by atoms with Crippen LogP contribution in [0.25, 0.3) is 0 Å². The van der Waals surface area contributed by atoms with Crippen LogP contribution in [0.15, 0.2) is 35.7 Å². The summed E-state index contributed by atoms with van der Waals surface area (Å²) in [7, 11) is 0. The Morgan fingerprint density at radius 1 is 1.32 bits per heavy atom. The minimum absolute atomic E-state index is 0.202. The summed E-state index contributed by atoms with van der Waals surface area (Å²) in [5, 5.41) is 10.9. The van der Waals surface area contributed by atoms with Gasteiger partial charge in [-0.25, -0.2) is 0 Å². The van der Waals surface area contributed by atoms with E-state index in [0.29, 0.717) is 12.5 Å². The van der Waals surface area contributed by atoms with Gasteiger partial charge in [0, 0.05) is 18.3 Å². The minimum atomic E-state index is -4.79. The lowest BCUT2D eigenvalue weighted by Gasteiger charge is -2.47. The molecule has 1 aliphatic carbocycles. The van der Waals surface area contributed by atoms with Crippen molar-refractivity contribution in [2.45, 2.75) is 44.8 Å². The lowest BCUT2D eigenvalue weighted by Crippen LogP contribution is -2.46. The van der Waals surface area contributed by atoms with Crippen molar-refractivity contribution in [3.63, 3.8) is 0 Å². The molecule has 3 fully saturated rings. The molecule has 0 atom stereocenters. The van der Waals surface area contributed by atoms with Gasteiger partial charge in [-0.1, -0.05) is 6.58 Å². The number of alkyl halides is 3. The van der Waals surface area contributed by atoms with Gasteiger partial charge < -0.3 is 4.90 Å². The summed E-state index contributed by atoms with van der Waals surface area (Å²) in [5.41, 5.74) is -1.97. The number of nitro groups is 1. The van der Waals surface area contributed by atoms with Gasteiger partial charge in [-0.2, -0.15) is 13.2 Å². The van der Waals surface area contributed by atoms with Crippen molar-refractivity contribution in [2.75, 3.05) is 6.54 Å². The predicted molar refractivity (Wildman–Crippen MR) is 76.5 cm³/mol. The molecule has 22 heavy (non-hydrogen) atoms. The molecule has 4 nitrogen and oxygen atoms in total. The smallest absolute Gasteiger partial charge is 0.369 e. The van der Waals surface area contributed by atoms with E-state index in [1.54, 1.807) is 0 Å². The normalized spacial score (nSPS) is 26.3. The highest BCUT2D eigenvalue weighted by atomic mass is 19.4. The maximum Gasteiger partial charge on any atom is 0.423 e. The van der Waals surface area contributed by atoms with Crippen molar-refractivity contribution in [3.05, 3.63) is 45.8 Å². The van der Waals surface area contributed by atoms with E-state index in [1.807, 2.05) is 4.90 Å². The number of allylic oxidation sites excluding steroid dienone is 3. The Bertz CT molecular complexity index is 529. The van der Waals surface area contributed by atoms with E-state index in [2.05, 4.69) is 6.58 Å². The Hall–Kier alpha value is -1.79. The van der Waals surface area contributed by atoms with Crippen molar-refractivity contribution in [1.29, 1.82) is 0 Å². The van der Waals surface area contributed by atoms with Crippen molar-refractivity contribution in [1.82, 2.24) is 4.90 Å². The Morgan fingerprint density at radius 3 is 2.27 bits per heavy atom. The van der Waals surface area contributed by atoms with Crippen LogP contribution in [-0.2, 0) is 0 Å². The minimum Gasteiger partial charge on any atom is -0.369 e. The van der Waals surface area contributed by atoms with Gasteiger partial charge >= 0.3 is 6.18 Å². The molecular formula is C15H19F3N2O2. The van der Waals surface area contributed by atoms with Crippen LogP contribution in [0.3, 0.4) is 0 Å². The lowest BCUT2D eigenvalue weighted by atomic mass is 9.79. The van der Waals surface area contributed by atoms with Gasteiger partial charge in [0.2, 0.25) is 0 Å². The number of halogens is 3. The fourth-order valence-electron chi connectivity index (χ4n) is 3.33. The van der Waals surface area contributed by atoms with Crippen LogP contribution in [0.5, 0.6) is 0 Å². The number of fused-ring (bicyclic) bond motifs is 3. The molecular weight excluding hydrogens is 297 g/mol. The van der Waals surface area contributed by atoms with Crippen molar-refractivity contribution >= 4 is 0 Å². The largest absolute Gasteiger partial charge is 0.423 e. The number of hydrogen-bond donors (Lipinski definition) is 0. The third-order valence-corrected chi connectivity index (χ3v) is 4.44. The van der Waals surface area contributed by atoms with E-state index in [4.69, 9.17) is 0 Å². The summed E-state index contributed by atoms with van der Waals surface area (Å²) in [6, 6.07) is 0.202. The second-order valence-corrected chi connectivity index (χ2v) is 5.81. The van der Waals surface area contributed by atoms with Crippen LogP contribution >= 0.6 is 0 Å². The molecule has 0 N–H and O–H groups in total. The second kappa shape index (κ2) is 6.14. The van der Waals surface area contributed by atoms with E-state index in [9.17, 15) is 23.3 Å². The molecule has 0 radical (unpaired) electrons. The summed E-state index contributed by atoms with van der Waals surface area (Å²) in [6.07, 6.45) is 0.994. The van der Waals surface area contributed by atoms with Crippen LogP contribution in [-0.4, -0.2) is 28.6 Å². The first kappa shape index (κ1) is 16.6. The molecule has 2 bridgehead atoms. The van der Waals surface area contributed by atoms with Crippen LogP contribution < -0.4 is 0 Å². The Morgan fingerprint density at radius 2 is 1.91 bits per heavy atom. The molecule has 122 valence electrons. The van der Waals surface area contributed by atoms with Crippen LogP contribution in [0.2, 0.25) is 0 Å². The lowest BCUT2D eigenvalue weighted by molar-refractivity contribution is -0.424. The summed E-state index contributed by atoms with van der Waals surface area (Å²) >= 11 is 0. The summed E-state index contributed by atoms with van der Waals surface area (Å²) < 4.78 is 39.5. The average molecular weight is 316 g/mol. The molecule has 2 saturated heterocycles. The van der Waals surface area contributed by atoms with Crippen molar-refractivity contribution in [3.8, 4) is 0 Å². The first-order valence-electron chi connectivity index (χ1n) is 7.29. The van der Waals surface area contributed by atoms with E-state index in [1.165, 1.54) is 6.92 Å². The Balaban J connectivity index is 2.29. The van der Waals surface area contributed by atoms with Gasteiger partial charge in [-0.15, -0.1) is 0 Å². The first-order valence-corrected chi connectivity index (χ1v) is 7.29. The third-order valence-electron chi connectivity index (χ3n) is 4.44. The topological polar surface area (TPSA) is 46.4 Å². The fourth-order valence-corrected chi connectivity index (χ4v) is 3.33. The third kappa shape index (κ3) is 3.34. The highest BCUT2D eigenvalue weighted by molar-refractivity contribution is 5.36. The second-order valence-electron chi connectivity index (χ2n) is 5.81. The van der Waals surface area contributed by atoms with Gasteiger partial charge in [0.25, 0.3) is 5.70 Å². The zero-order valence-electron chi connectivity index (χ0n) is 12.4. The maximum absolute atomic E-state index is 13.2. The maximum atomic E-state index is 13.2. The molecule has 7 heteroatoms. The van der Waals surface area contributed by atoms with Crippen molar-refractivity contribution < 1.29 is 18.1 Å². The van der Waals surface area contributed by atoms with Crippen molar-refractivity contribution in [2.24, 2.45) is 5.92 Å². The molecule has 0 aromatic carbocycles. The highest BCUT2D eigenvalue weighted by Crippen LogP contribution is 2.38. The molecule has 3 rings (SSSR count). The zero-order chi connectivity index (χ0) is 16.5. The molecule has 0 amide bonds. The molecule has 3 aliphatic rings. The van der Waals surface area contributed by atoms with Crippen LogP contribution in [0.4, 0.5) is 13.2 Å². The Kier molecular flexibility index (Phi) is 4.63. The summed E-state index contributed by atoms with van der Waals surface area (Å²) in [6.45, 7) is 5.64. The molecule has 0 spiro atoms. The SMILES string of the molecule is C=C(/C=C(\C(=C/C)[N+](=O)[O-])C(F)(F)F)N1CC2CCC1CC2. The van der Waals surface area contributed by atoms with Gasteiger partial charge in [0.05, 0.1) is 4.92 Å². The van der Waals surface area contributed by atoms with E-state index in [0.717, 1.165) is 37.8 Å². The zero-order valence-corrected chi connectivity index (χ0v) is 12.4. The van der Waals surface area contributed by atoms with Gasteiger partial charge in [-0.05, 0) is 50.7 Å². The van der Waals surface area contributed by atoms with Gasteiger partial charge in [0.1, 0.15) is 5.57 Å². The highest BCUT2D eigenvalue weighted by Gasteiger charge is 2.42. The van der Waals surface area contributed by atoms with Crippen LogP contribution in [0.1, 0.15) is 32.6 Å². The van der Waals surface area contributed by atoms with E-state index in [-0.39, 0.29) is 11.7 Å². The van der Waals surface area contributed by atoms with Gasteiger partial charge in [-0.3, -0.25) is 10.1 Å². The van der Waals surface area contributed by atoms with Crippen LogP contribution in [0, 0.1) is 16.0 Å². The molecule has 0 unspecified atom stereocenters. The molecule has 0 aromatic heterocycles. The quantitative estimate of drug-likeness (QED) is 0.447. The molecule has 0 aromatic rings. The summed E-state index contributed by atoms with van der Waals surface area (Å²) in [4.78, 5) is 11.7. The standard InChI is InChI=1S/C15H19F3N2O2/c1-3-14(20(21)22)13(15(16,17)18)8-10(2)19-9-11-4-6-12(19)7-5-11/h3,8,11-12H,2,4-7,9H2,1H3/b13-8+,14-3+. The molecule has 1 saturated carbocycles. The number of hydrogen-bond acceptors (Lipinski definition) is 3. The number of rotatable bonds is 4.